The summed E-state index contributed by atoms with van der Waals surface area (Å²) >= 11 is 0. The van der Waals surface area contributed by atoms with Crippen LogP contribution in [-0.2, 0) is 0 Å². The molecule has 4 heteroatoms. The number of phenolic OH excluding ortho intramolecular Hbond substituents is 2. The largest absolute Gasteiger partial charge is 0.508 e. The molecule has 0 radical (unpaired) electrons. The van der Waals surface area contributed by atoms with E-state index < -0.39 is 0 Å². The molecule has 0 saturated carbocycles. The van der Waals surface area contributed by atoms with Gasteiger partial charge in [-0.15, -0.1) is 0 Å². The van der Waals surface area contributed by atoms with Crippen LogP contribution < -0.4 is 4.74 Å². The Bertz CT molecular complexity index is 952. The quantitative estimate of drug-likeness (QED) is 0.427. The van der Waals surface area contributed by atoms with Crippen LogP contribution in [0.3, 0.4) is 0 Å². The van der Waals surface area contributed by atoms with E-state index in [0.717, 1.165) is 24.8 Å². The van der Waals surface area contributed by atoms with Gasteiger partial charge >= 0.3 is 0 Å². The van der Waals surface area contributed by atoms with E-state index in [1.807, 2.05) is 18.2 Å². The number of hydrogen-bond donors (Lipinski definition) is 2. The molecule has 0 aliphatic heterocycles. The van der Waals surface area contributed by atoms with Crippen LogP contribution in [0.15, 0.2) is 65.8 Å². The molecule has 4 nitrogen and oxygen atoms in total. The highest BCUT2D eigenvalue weighted by Crippen LogP contribution is 2.43. The molecular weight excluding hydrogens is 376 g/mol. The number of Topliss-reactive ketones (excluding diaryl/α,β-unsaturated/α-hetero) is 1. The second kappa shape index (κ2) is 9.66. The molecule has 2 N–H and O–H groups in total. The summed E-state index contributed by atoms with van der Waals surface area (Å²) in [6.07, 6.45) is 7.86. The summed E-state index contributed by atoms with van der Waals surface area (Å²) < 4.78 is 5.29. The molecule has 0 heterocycles. The van der Waals surface area contributed by atoms with E-state index in [4.69, 9.17) is 4.74 Å². The molecule has 0 unspecified atom stereocenters. The first-order valence-corrected chi connectivity index (χ1v) is 10.4. The lowest BCUT2D eigenvalue weighted by Gasteiger charge is -2.31. The van der Waals surface area contributed by atoms with E-state index >= 15 is 0 Å². The molecule has 0 spiro atoms. The van der Waals surface area contributed by atoms with E-state index in [9.17, 15) is 15.0 Å². The number of ketones is 1. The van der Waals surface area contributed by atoms with Crippen LogP contribution in [0.5, 0.6) is 17.2 Å². The predicted molar refractivity (Wildman–Crippen MR) is 119 cm³/mol. The smallest absolute Gasteiger partial charge is 0.174 e. The van der Waals surface area contributed by atoms with Crippen LogP contribution in [0, 0.1) is 5.92 Å². The Labute approximate surface area is 178 Å². The number of methoxy groups -OCH3 is 1. The van der Waals surface area contributed by atoms with Gasteiger partial charge in [-0.2, -0.15) is 0 Å². The van der Waals surface area contributed by atoms with Crippen LogP contribution >= 0.6 is 0 Å². The van der Waals surface area contributed by atoms with Gasteiger partial charge in [-0.05, 0) is 51.0 Å². The highest BCUT2D eigenvalue weighted by molar-refractivity contribution is 6.03. The molecule has 1 aliphatic carbocycles. The zero-order valence-corrected chi connectivity index (χ0v) is 17.9. The first-order chi connectivity index (χ1) is 14.4. The molecule has 0 aromatic heterocycles. The summed E-state index contributed by atoms with van der Waals surface area (Å²) in [5, 5.41) is 20.2. The van der Waals surface area contributed by atoms with E-state index in [0.29, 0.717) is 6.42 Å². The van der Waals surface area contributed by atoms with E-state index in [2.05, 4.69) is 38.1 Å². The molecule has 2 aromatic rings. The lowest BCUT2D eigenvalue weighted by molar-refractivity contribution is 0.0889. The fourth-order valence-corrected chi connectivity index (χ4v) is 4.24. The topological polar surface area (TPSA) is 66.8 Å². The van der Waals surface area contributed by atoms with Crippen molar-refractivity contribution in [2.24, 2.45) is 5.92 Å². The number of aromatic hydroxyl groups is 2. The third-order valence-electron chi connectivity index (χ3n) is 5.74. The van der Waals surface area contributed by atoms with Gasteiger partial charge < -0.3 is 14.9 Å². The van der Waals surface area contributed by atoms with Crippen molar-refractivity contribution in [1.29, 1.82) is 0 Å². The summed E-state index contributed by atoms with van der Waals surface area (Å²) in [5.74, 6) is -0.611. The maximum atomic E-state index is 13.5. The third kappa shape index (κ3) is 4.93. The van der Waals surface area contributed by atoms with Crippen molar-refractivity contribution in [3.63, 3.8) is 0 Å². The zero-order chi connectivity index (χ0) is 21.7. The van der Waals surface area contributed by atoms with E-state index in [1.165, 1.54) is 30.4 Å². The Hall–Kier alpha value is -3.01. The van der Waals surface area contributed by atoms with Gasteiger partial charge in [-0.3, -0.25) is 4.79 Å². The number of ether oxygens (including phenoxy) is 1. The molecule has 0 saturated heterocycles. The van der Waals surface area contributed by atoms with Crippen LogP contribution in [0.1, 0.15) is 61.4 Å². The van der Waals surface area contributed by atoms with Gasteiger partial charge in [0.2, 0.25) is 0 Å². The van der Waals surface area contributed by atoms with E-state index in [1.54, 1.807) is 0 Å². The number of benzene rings is 2. The van der Waals surface area contributed by atoms with Crippen LogP contribution in [-0.4, -0.2) is 23.1 Å². The lowest BCUT2D eigenvalue weighted by atomic mass is 9.72. The average Bonchev–Trinajstić information content (AvgIpc) is 2.73. The first kappa shape index (κ1) is 21.7. The molecule has 3 rings (SSSR count). The molecule has 0 fully saturated rings. The average molecular weight is 407 g/mol. The monoisotopic (exact) mass is 406 g/mol. The molecule has 0 amide bonds. The van der Waals surface area contributed by atoms with Crippen molar-refractivity contribution < 1.29 is 19.7 Å². The minimum Gasteiger partial charge on any atom is -0.508 e. The SMILES string of the molecule is COc1cc(O)cc(O)c1C(=O)[C@H]1CC=C(CCC=C(C)C)C[C@@H]1c1ccccc1. The summed E-state index contributed by atoms with van der Waals surface area (Å²) in [6, 6.07) is 12.7. The van der Waals surface area contributed by atoms with Gasteiger partial charge in [0, 0.05) is 18.1 Å². The Morgan fingerprint density at radius 3 is 2.57 bits per heavy atom. The summed E-state index contributed by atoms with van der Waals surface area (Å²) in [6.45, 7) is 4.21. The number of rotatable bonds is 7. The molecule has 158 valence electrons. The minimum absolute atomic E-state index is 0.0308. The van der Waals surface area contributed by atoms with Crippen molar-refractivity contribution in [1.82, 2.24) is 0 Å². The Balaban J connectivity index is 1.95. The molecular formula is C26H30O4. The maximum Gasteiger partial charge on any atom is 0.174 e. The fourth-order valence-electron chi connectivity index (χ4n) is 4.24. The summed E-state index contributed by atoms with van der Waals surface area (Å²) in [5.41, 5.74) is 3.95. The Morgan fingerprint density at radius 1 is 1.17 bits per heavy atom. The number of carbonyl (C=O) groups excluding carboxylic acids is 1. The fraction of sp³-hybridized carbons (Fsp3) is 0.346. The maximum absolute atomic E-state index is 13.5. The predicted octanol–water partition coefficient (Wildman–Crippen LogP) is 6.16. The molecule has 2 aromatic carbocycles. The summed E-state index contributed by atoms with van der Waals surface area (Å²) in [7, 11) is 1.43. The van der Waals surface area contributed by atoms with Crippen molar-refractivity contribution in [2.45, 2.75) is 45.4 Å². The Kier molecular flexibility index (Phi) is 6.99. The summed E-state index contributed by atoms with van der Waals surface area (Å²) in [4.78, 5) is 13.5. The van der Waals surface area contributed by atoms with Gasteiger partial charge in [0.15, 0.2) is 5.78 Å². The van der Waals surface area contributed by atoms with Gasteiger partial charge in [-0.25, -0.2) is 0 Å². The third-order valence-corrected chi connectivity index (χ3v) is 5.74. The second-order valence-electron chi connectivity index (χ2n) is 8.15. The molecule has 30 heavy (non-hydrogen) atoms. The van der Waals surface area contributed by atoms with Gasteiger partial charge in [0.05, 0.1) is 7.11 Å². The molecule has 1 aliphatic rings. The highest BCUT2D eigenvalue weighted by Gasteiger charge is 2.35. The zero-order valence-electron chi connectivity index (χ0n) is 17.9. The molecule has 2 atom stereocenters. The van der Waals surface area contributed by atoms with Crippen LogP contribution in [0.4, 0.5) is 0 Å². The number of hydrogen-bond acceptors (Lipinski definition) is 4. The van der Waals surface area contributed by atoms with Gasteiger partial charge in [0.25, 0.3) is 0 Å². The first-order valence-electron chi connectivity index (χ1n) is 10.4. The van der Waals surface area contributed by atoms with Crippen molar-refractivity contribution >= 4 is 5.78 Å². The van der Waals surface area contributed by atoms with Gasteiger partial charge in [0.1, 0.15) is 22.8 Å². The van der Waals surface area contributed by atoms with E-state index in [-0.39, 0.29) is 40.4 Å². The standard InChI is InChI=1S/C26H30O4/c1-17(2)8-7-9-18-12-13-21(22(14-18)19-10-5-4-6-11-19)26(29)25-23(28)15-20(27)16-24(25)30-3/h4-6,8,10-12,15-16,21-22,27-28H,7,9,13-14H2,1-3H3/t21-,22+/m0/s1. The number of phenols is 2. The van der Waals surface area contributed by atoms with Crippen LogP contribution in [0.25, 0.3) is 0 Å². The van der Waals surface area contributed by atoms with Crippen molar-refractivity contribution in [3.05, 3.63) is 76.9 Å². The molecule has 0 bridgehead atoms. The number of carbonyl (C=O) groups is 1. The number of allylic oxidation sites excluding steroid dienone is 4. The normalized spacial score (nSPS) is 18.4. The van der Waals surface area contributed by atoms with Crippen molar-refractivity contribution in [2.75, 3.05) is 7.11 Å². The van der Waals surface area contributed by atoms with Gasteiger partial charge in [-0.1, -0.05) is 53.6 Å². The van der Waals surface area contributed by atoms with Crippen LogP contribution in [0.2, 0.25) is 0 Å². The Morgan fingerprint density at radius 2 is 1.90 bits per heavy atom. The lowest BCUT2D eigenvalue weighted by Crippen LogP contribution is -2.26. The highest BCUT2D eigenvalue weighted by atomic mass is 16.5. The second-order valence-corrected chi connectivity index (χ2v) is 8.15. The van der Waals surface area contributed by atoms with Crippen molar-refractivity contribution in [3.8, 4) is 17.2 Å². The minimum atomic E-state index is -0.302.